The predicted octanol–water partition coefficient (Wildman–Crippen LogP) is -0.171. The number of halogens is 1. The van der Waals surface area contributed by atoms with Gasteiger partial charge in [0.05, 0.1) is 6.61 Å². The molecule has 1 aromatic carbocycles. The highest BCUT2D eigenvalue weighted by Crippen LogP contribution is 2.55. The van der Waals surface area contributed by atoms with Gasteiger partial charge in [0, 0.05) is 24.3 Å². The second-order valence-corrected chi connectivity index (χ2v) is 12.1. The van der Waals surface area contributed by atoms with E-state index >= 15 is 0 Å². The molecule has 0 saturated carbocycles. The van der Waals surface area contributed by atoms with Crippen molar-refractivity contribution < 1.29 is 48.1 Å². The van der Waals surface area contributed by atoms with Gasteiger partial charge in [0.15, 0.2) is 17.6 Å². The highest BCUT2D eigenvalue weighted by atomic mass is 35.5. The lowest BCUT2D eigenvalue weighted by Crippen LogP contribution is -2.42. The zero-order valence-corrected chi connectivity index (χ0v) is 20.7. The van der Waals surface area contributed by atoms with Crippen molar-refractivity contribution in [3.8, 4) is 0 Å². The van der Waals surface area contributed by atoms with Crippen LogP contribution in [0.15, 0.2) is 46.5 Å². The number of benzene rings is 1. The Bertz CT molecular complexity index is 1260. The summed E-state index contributed by atoms with van der Waals surface area (Å²) in [6.45, 7) is -0.648. The maximum Gasteiger partial charge on any atom is 0.340 e. The number of ether oxygens (including phenoxy) is 1. The Morgan fingerprint density at radius 2 is 1.77 bits per heavy atom. The summed E-state index contributed by atoms with van der Waals surface area (Å²) >= 11 is 5.83. The molecule has 194 valence electrons. The van der Waals surface area contributed by atoms with Crippen LogP contribution in [0.1, 0.15) is 11.8 Å². The molecule has 5 atom stereocenters. The molecule has 14 nitrogen and oxygen atoms in total. The molecule has 1 saturated heterocycles. The van der Waals surface area contributed by atoms with Gasteiger partial charge in [-0.15, -0.1) is 0 Å². The van der Waals surface area contributed by atoms with Gasteiger partial charge in [0.1, 0.15) is 24.9 Å². The van der Waals surface area contributed by atoms with Gasteiger partial charge in [-0.2, -0.15) is 0 Å². The number of hydrogen-bond donors (Lipinski definition) is 5. The minimum atomic E-state index is -4.84. The van der Waals surface area contributed by atoms with E-state index in [2.05, 4.69) is 9.68 Å². The second-order valence-electron chi connectivity index (χ2n) is 7.70. The zero-order valence-electron chi connectivity index (χ0n) is 18.2. The van der Waals surface area contributed by atoms with E-state index in [4.69, 9.17) is 31.0 Å². The maximum atomic E-state index is 12.8. The number of aliphatic hydroxyl groups is 2. The molecule has 5 N–H and O–H groups in total. The summed E-state index contributed by atoms with van der Waals surface area (Å²) in [6, 6.07) is 8.29. The molecule has 1 fully saturated rings. The van der Waals surface area contributed by atoms with E-state index in [9.17, 15) is 29.0 Å². The van der Waals surface area contributed by atoms with Gasteiger partial charge >= 0.3 is 20.9 Å². The van der Waals surface area contributed by atoms with Crippen LogP contribution in [-0.4, -0.2) is 64.8 Å². The highest BCUT2D eigenvalue weighted by molar-refractivity contribution is 7.70. The normalized spacial score (nSPS) is 24.9. The van der Waals surface area contributed by atoms with Crippen LogP contribution in [0.25, 0.3) is 0 Å². The van der Waals surface area contributed by atoms with Gasteiger partial charge in [-0.1, -0.05) is 28.9 Å². The fourth-order valence-electron chi connectivity index (χ4n) is 3.19. The number of hydrogen-bond acceptors (Lipinski definition) is 9. The SMILES string of the molecule is Cn1c(=O)n([C@@H]2O[C@H](COP(=O)(O)CP(=O)(O)O)[C@@H](O)[C@H]2O)cc/c1=N\OCc1ccc(Cl)cc1. The van der Waals surface area contributed by atoms with E-state index in [-0.39, 0.29) is 12.1 Å². The summed E-state index contributed by atoms with van der Waals surface area (Å²) in [5, 5.41) is 25.1. The Balaban J connectivity index is 1.70. The molecule has 1 aliphatic rings. The fourth-order valence-corrected chi connectivity index (χ4v) is 5.89. The number of nitrogens with zero attached hydrogens (tertiary/aromatic N) is 3. The summed E-state index contributed by atoms with van der Waals surface area (Å²) in [7, 11) is -8.15. The largest absolute Gasteiger partial charge is 0.389 e. The molecule has 0 radical (unpaired) electrons. The van der Waals surface area contributed by atoms with E-state index in [0.717, 1.165) is 14.7 Å². The van der Waals surface area contributed by atoms with Gasteiger partial charge in [-0.3, -0.25) is 18.3 Å². The van der Waals surface area contributed by atoms with Crippen molar-refractivity contribution in [3.63, 3.8) is 0 Å². The Kier molecular flexibility index (Phi) is 8.77. The molecule has 0 spiro atoms. The molecule has 3 rings (SSSR count). The molecule has 1 aliphatic heterocycles. The third-order valence-corrected chi connectivity index (χ3v) is 8.66. The first-order chi connectivity index (χ1) is 16.3. The zero-order chi connectivity index (χ0) is 26.0. The smallest absolute Gasteiger partial charge is 0.340 e. The Morgan fingerprint density at radius 1 is 1.11 bits per heavy atom. The molecule has 0 amide bonds. The summed E-state index contributed by atoms with van der Waals surface area (Å²) in [5.41, 5.74) is 0.257. The van der Waals surface area contributed by atoms with Crippen molar-refractivity contribution in [2.24, 2.45) is 12.2 Å². The standard InChI is InChI=1S/C18H24ClN3O11P2/c1-21-14(20-31-8-11-2-4-12(19)5-3-11)6-7-22(18(21)25)17-16(24)15(23)13(33-17)9-32-35(29,30)10-34(26,27)28/h2-7,13,15-17,23-24H,8-10H2,1H3,(H,29,30)(H2,26,27,28)/b20-14+/t13-,15-,16-,17-/m1/s1. The van der Waals surface area contributed by atoms with Crippen LogP contribution in [-0.2, 0) is 36.9 Å². The van der Waals surface area contributed by atoms with Gasteiger partial charge in [0.2, 0.25) is 0 Å². The first-order valence-electron chi connectivity index (χ1n) is 9.98. The molecular formula is C18H24ClN3O11P2. The van der Waals surface area contributed by atoms with Gasteiger partial charge < -0.3 is 39.0 Å². The molecule has 2 heterocycles. The second kappa shape index (κ2) is 11.1. The van der Waals surface area contributed by atoms with Crippen molar-refractivity contribution >= 4 is 26.8 Å². The van der Waals surface area contributed by atoms with E-state index in [1.54, 1.807) is 24.3 Å². The summed E-state index contributed by atoms with van der Waals surface area (Å²) in [4.78, 5) is 45.3. The van der Waals surface area contributed by atoms with Gasteiger partial charge in [-0.05, 0) is 17.7 Å². The van der Waals surface area contributed by atoms with Crippen molar-refractivity contribution in [1.82, 2.24) is 9.13 Å². The number of aromatic nitrogens is 2. The van der Waals surface area contributed by atoms with E-state index in [1.165, 1.54) is 19.3 Å². The van der Waals surface area contributed by atoms with Crippen molar-refractivity contribution in [1.29, 1.82) is 0 Å². The lowest BCUT2D eigenvalue weighted by atomic mass is 10.1. The maximum absolute atomic E-state index is 12.8. The van der Waals surface area contributed by atoms with E-state index in [0.29, 0.717) is 5.02 Å². The molecule has 1 aromatic heterocycles. The van der Waals surface area contributed by atoms with Gasteiger partial charge in [0.25, 0.3) is 0 Å². The molecule has 1 unspecified atom stereocenters. The fraction of sp³-hybridized carbons (Fsp3) is 0.444. The van der Waals surface area contributed by atoms with Crippen LogP contribution in [0.2, 0.25) is 5.02 Å². The van der Waals surface area contributed by atoms with Crippen LogP contribution in [0.4, 0.5) is 0 Å². The van der Waals surface area contributed by atoms with Crippen LogP contribution in [0, 0.1) is 0 Å². The highest BCUT2D eigenvalue weighted by Gasteiger charge is 2.45. The Hall–Kier alpha value is -1.83. The van der Waals surface area contributed by atoms with E-state index < -0.39 is 57.9 Å². The molecular weight excluding hydrogens is 532 g/mol. The molecule has 0 bridgehead atoms. The van der Waals surface area contributed by atoms with Crippen LogP contribution in [0.5, 0.6) is 0 Å². The number of aliphatic hydroxyl groups excluding tert-OH is 2. The first kappa shape index (κ1) is 27.8. The summed E-state index contributed by atoms with van der Waals surface area (Å²) < 4.78 is 34.9. The lowest BCUT2D eigenvalue weighted by molar-refractivity contribution is -0.0530. The summed E-state index contributed by atoms with van der Waals surface area (Å²) in [5.74, 6) is -1.42. The van der Waals surface area contributed by atoms with Crippen molar-refractivity contribution in [2.45, 2.75) is 31.1 Å². The van der Waals surface area contributed by atoms with Crippen molar-refractivity contribution in [2.75, 3.05) is 12.5 Å². The average molecular weight is 556 g/mol. The summed E-state index contributed by atoms with van der Waals surface area (Å²) in [6.07, 6.45) is -4.75. The molecule has 2 aromatic rings. The topological polar surface area (TPSA) is 202 Å². The monoisotopic (exact) mass is 555 g/mol. The van der Waals surface area contributed by atoms with Crippen LogP contribution < -0.4 is 11.2 Å². The van der Waals surface area contributed by atoms with Crippen molar-refractivity contribution in [3.05, 3.63) is 63.1 Å². The van der Waals surface area contributed by atoms with Gasteiger partial charge in [-0.25, -0.2) is 4.79 Å². The first-order valence-corrected chi connectivity index (χ1v) is 13.9. The predicted molar refractivity (Wildman–Crippen MR) is 120 cm³/mol. The Labute approximate surface area is 203 Å². The lowest BCUT2D eigenvalue weighted by Gasteiger charge is -2.19. The third-order valence-electron chi connectivity index (χ3n) is 4.95. The van der Waals surface area contributed by atoms with Crippen LogP contribution in [0.3, 0.4) is 0 Å². The minimum absolute atomic E-state index is 0.120. The molecule has 0 aliphatic carbocycles. The van der Waals surface area contributed by atoms with Crippen LogP contribution >= 0.6 is 26.8 Å². The molecule has 35 heavy (non-hydrogen) atoms. The quantitative estimate of drug-likeness (QED) is 0.203. The van der Waals surface area contributed by atoms with E-state index in [1.807, 2.05) is 0 Å². The Morgan fingerprint density at radius 3 is 2.40 bits per heavy atom. The molecule has 17 heteroatoms. The average Bonchev–Trinajstić information content (AvgIpc) is 3.03. The number of rotatable bonds is 9. The third kappa shape index (κ3) is 7.34. The minimum Gasteiger partial charge on any atom is -0.389 e.